The normalized spacial score (nSPS) is 14.1. The maximum atomic E-state index is 8.37. The number of aromatic nitrogens is 4. The fourth-order valence-electron chi connectivity index (χ4n) is 7.42. The minimum Gasteiger partial charge on any atom is -0.486 e. The van der Waals surface area contributed by atoms with Gasteiger partial charge in [0.1, 0.15) is 0 Å². The molecule has 0 aliphatic heterocycles. The second-order valence-electron chi connectivity index (χ2n) is 15.3. The Morgan fingerprint density at radius 3 is 2.17 bits per heavy atom. The van der Waals surface area contributed by atoms with Crippen molar-refractivity contribution < 1.29 is 35.5 Å². The molecule has 0 atom stereocenters. The van der Waals surface area contributed by atoms with Crippen LogP contribution in [0.3, 0.4) is 0 Å². The van der Waals surface area contributed by atoms with Crippen molar-refractivity contribution in [2.75, 3.05) is 0 Å². The van der Waals surface area contributed by atoms with Crippen molar-refractivity contribution in [2.45, 2.75) is 73.5 Å². The van der Waals surface area contributed by atoms with E-state index in [1.807, 2.05) is 78.9 Å². The summed E-state index contributed by atoms with van der Waals surface area (Å²) in [6.07, 6.45) is -0.491. The van der Waals surface area contributed by atoms with Gasteiger partial charge in [-0.05, 0) is 77.6 Å². The second-order valence-corrected chi connectivity index (χ2v) is 15.3. The second kappa shape index (κ2) is 17.7. The molecule has 9 rings (SSSR count). The molecule has 299 valence electrons. The molecule has 0 saturated heterocycles. The van der Waals surface area contributed by atoms with E-state index >= 15 is 0 Å². The van der Waals surface area contributed by atoms with Crippen LogP contribution in [0.1, 0.15) is 92.2 Å². The van der Waals surface area contributed by atoms with Crippen molar-refractivity contribution in [3.05, 3.63) is 167 Å². The molecule has 0 fully saturated rings. The van der Waals surface area contributed by atoms with E-state index in [0.29, 0.717) is 44.7 Å². The number of pyridine rings is 2. The average molecular weight is 959 g/mol. The number of hydrogen-bond donors (Lipinski definition) is 0. The third-order valence-corrected chi connectivity index (χ3v) is 10.2. The molecule has 6 heteroatoms. The van der Waals surface area contributed by atoms with Gasteiger partial charge in [-0.1, -0.05) is 132 Å². The Morgan fingerprint density at radius 1 is 0.746 bits per heavy atom. The van der Waals surface area contributed by atoms with Crippen LogP contribution < -0.4 is 0 Å². The van der Waals surface area contributed by atoms with Crippen LogP contribution in [0, 0.1) is 31.8 Å². The Hall–Kier alpha value is -5.68. The van der Waals surface area contributed by atoms with E-state index in [-0.39, 0.29) is 54.5 Å². The van der Waals surface area contributed by atoms with Gasteiger partial charge in [0, 0.05) is 53.9 Å². The summed E-state index contributed by atoms with van der Waals surface area (Å²) in [4.78, 5) is 14.2. The van der Waals surface area contributed by atoms with Gasteiger partial charge in [0.25, 0.3) is 0 Å². The Labute approximate surface area is 373 Å². The molecule has 0 saturated carbocycles. The van der Waals surface area contributed by atoms with Crippen LogP contribution in [0.25, 0.3) is 72.7 Å². The third-order valence-electron chi connectivity index (χ3n) is 10.2. The number of benzene rings is 5. The molecular weight excluding hydrogens is 901 g/mol. The topological polar surface area (TPSA) is 56.7 Å². The smallest absolute Gasteiger partial charge is 0.216 e. The molecule has 0 amide bonds. The van der Waals surface area contributed by atoms with E-state index < -0.39 is 20.1 Å². The molecule has 4 aromatic heterocycles. The van der Waals surface area contributed by atoms with Gasteiger partial charge in [-0.2, -0.15) is 0 Å². The van der Waals surface area contributed by atoms with Crippen LogP contribution in [-0.2, 0) is 26.5 Å². The molecule has 9 aromatic rings. The van der Waals surface area contributed by atoms with Crippen LogP contribution in [-0.4, -0.2) is 19.5 Å². The van der Waals surface area contributed by atoms with Crippen LogP contribution in [0.15, 0.2) is 132 Å². The van der Waals surface area contributed by atoms with Crippen LogP contribution in [0.2, 0.25) is 0 Å². The first-order chi connectivity index (χ1) is 31.3. The van der Waals surface area contributed by atoms with Gasteiger partial charge in [-0.25, -0.2) is 4.98 Å². The van der Waals surface area contributed by atoms with Crippen molar-refractivity contribution in [3.63, 3.8) is 0 Å². The monoisotopic (exact) mass is 959 g/mol. The summed E-state index contributed by atoms with van der Waals surface area (Å²) in [7, 11) is 0. The standard InChI is InChI=1S/C37H32N3O.C16H18N.Ir/c1-22(2)26-14-11-15-27(23(3)4)34(26)40-32-17-10-9-16-31(32)38-36(40)29-19-18-24(5)33-28-20-21-30(25-12-7-6-8-13-25)39-37(28)41-35(29)33;1-12(2)9-15-10-16(17-11-13(15)3)14-7-5-4-6-8-14;/h6-18,20-23H,1-5H3;4-7,10-12H,9H2,1-3H3;/q2*-1;/i5D3;3D3,9D2;. The summed E-state index contributed by atoms with van der Waals surface area (Å²) in [5.74, 6) is 0.798. The quantitative estimate of drug-likeness (QED) is 0.142. The molecule has 5 aromatic carbocycles. The predicted molar refractivity (Wildman–Crippen MR) is 241 cm³/mol. The molecule has 1 radical (unpaired) electrons. The van der Waals surface area contributed by atoms with Gasteiger partial charge in [-0.15, -0.1) is 53.6 Å². The van der Waals surface area contributed by atoms with Crippen molar-refractivity contribution in [2.24, 2.45) is 5.92 Å². The Morgan fingerprint density at radius 2 is 1.47 bits per heavy atom. The number of imidazole rings is 1. The van der Waals surface area contributed by atoms with Gasteiger partial charge in [0.15, 0.2) is 0 Å². The minimum atomic E-state index is -2.40. The summed E-state index contributed by atoms with van der Waals surface area (Å²) in [6, 6.07) is 44.9. The van der Waals surface area contributed by atoms with E-state index in [1.54, 1.807) is 26.0 Å². The molecule has 0 spiro atoms. The van der Waals surface area contributed by atoms with E-state index in [9.17, 15) is 0 Å². The van der Waals surface area contributed by atoms with E-state index in [1.165, 1.54) is 23.4 Å². The maximum Gasteiger partial charge on any atom is 0.216 e. The summed E-state index contributed by atoms with van der Waals surface area (Å²) in [6.45, 7) is 7.49. The van der Waals surface area contributed by atoms with Gasteiger partial charge in [0.05, 0.1) is 28.1 Å². The Bertz CT molecular complexity index is 3170. The first-order valence-corrected chi connectivity index (χ1v) is 19.7. The molecule has 0 aliphatic rings. The number of aryl methyl sites for hydroxylation is 2. The van der Waals surface area contributed by atoms with E-state index in [4.69, 9.17) is 25.4 Å². The van der Waals surface area contributed by atoms with Gasteiger partial charge in [0.2, 0.25) is 5.71 Å². The number of furan rings is 1. The molecule has 0 unspecified atom stereocenters. The Balaban J connectivity index is 0.000000245. The zero-order chi connectivity index (χ0) is 47.3. The fourth-order valence-corrected chi connectivity index (χ4v) is 7.42. The average Bonchev–Trinajstić information content (AvgIpc) is 3.87. The molecule has 0 aliphatic carbocycles. The van der Waals surface area contributed by atoms with Crippen molar-refractivity contribution in [1.82, 2.24) is 19.5 Å². The van der Waals surface area contributed by atoms with E-state index in [2.05, 4.69) is 73.6 Å². The summed E-state index contributed by atoms with van der Waals surface area (Å²) < 4.78 is 73.3. The first kappa shape index (κ1) is 32.2. The van der Waals surface area contributed by atoms with Crippen LogP contribution in [0.5, 0.6) is 0 Å². The maximum absolute atomic E-state index is 8.37. The number of fused-ring (bicyclic) bond motifs is 4. The number of para-hydroxylation sites is 3. The molecule has 0 bridgehead atoms. The Kier molecular flexibility index (Phi) is 9.64. The van der Waals surface area contributed by atoms with Gasteiger partial charge >= 0.3 is 0 Å². The zero-order valence-corrected chi connectivity index (χ0v) is 36.3. The fraction of sp³-hybridized carbons (Fsp3) is 0.226. The number of hydrogen-bond acceptors (Lipinski definition) is 4. The molecule has 59 heavy (non-hydrogen) atoms. The third kappa shape index (κ3) is 8.30. The van der Waals surface area contributed by atoms with Crippen molar-refractivity contribution in [3.8, 4) is 39.6 Å². The van der Waals surface area contributed by atoms with Crippen LogP contribution in [0.4, 0.5) is 0 Å². The summed E-state index contributed by atoms with van der Waals surface area (Å²) in [5.41, 5.74) is 9.91. The van der Waals surface area contributed by atoms with Crippen LogP contribution >= 0.6 is 0 Å². The van der Waals surface area contributed by atoms with Gasteiger partial charge in [-0.3, -0.25) is 4.98 Å². The number of rotatable bonds is 8. The summed E-state index contributed by atoms with van der Waals surface area (Å²) in [5, 5.41) is 1.16. The minimum absolute atomic E-state index is 0. The predicted octanol–water partition coefficient (Wildman–Crippen LogP) is 14.1. The largest absolute Gasteiger partial charge is 0.486 e. The van der Waals surface area contributed by atoms with Crippen molar-refractivity contribution in [1.29, 1.82) is 0 Å². The molecular formula is C53H50IrN4O-2. The molecule has 4 heterocycles. The van der Waals surface area contributed by atoms with E-state index in [0.717, 1.165) is 28.0 Å². The number of nitrogens with zero attached hydrogens (tertiary/aromatic N) is 4. The summed E-state index contributed by atoms with van der Waals surface area (Å²) >= 11 is 0. The SMILES string of the molecule is [2H]C([2H])([2H])c1c[c-]c(-c2nc3ccccc3n2-c2c(C(C)C)cccc2C(C)C)c2oc3nc(-c4ccccc4)ccc3c12.[2H]C([2H])([2H])c1cnc(-c2[c-]cccc2)cc1C([2H])([2H])C(C)C.[Ir]. The van der Waals surface area contributed by atoms with Gasteiger partial charge < -0.3 is 14.0 Å². The molecule has 0 N–H and O–H groups in total. The first-order valence-electron chi connectivity index (χ1n) is 23.7. The van der Waals surface area contributed by atoms with Crippen molar-refractivity contribution >= 4 is 33.1 Å². The molecule has 5 nitrogen and oxygen atoms in total. The zero-order valence-electron chi connectivity index (χ0n) is 41.9.